The van der Waals surface area contributed by atoms with Crippen LogP contribution in [0.3, 0.4) is 0 Å². The van der Waals surface area contributed by atoms with Crippen LogP contribution < -0.4 is 0 Å². The average molecular weight is 369 g/mol. The van der Waals surface area contributed by atoms with E-state index in [1.54, 1.807) is 11.1 Å². The van der Waals surface area contributed by atoms with E-state index in [0.29, 0.717) is 0 Å². The molecule has 0 bridgehead atoms. The molecule has 0 nitrogen and oxygen atoms in total. The molecule has 152 valence electrons. The van der Waals surface area contributed by atoms with Gasteiger partial charge >= 0.3 is 0 Å². The van der Waals surface area contributed by atoms with Gasteiger partial charge in [0, 0.05) is 0 Å². The first-order valence-electron chi connectivity index (χ1n) is 11.1. The van der Waals surface area contributed by atoms with E-state index in [0.717, 1.165) is 11.8 Å². The molecule has 0 heteroatoms. The van der Waals surface area contributed by atoms with E-state index in [9.17, 15) is 0 Å². The largest absolute Gasteiger partial charge is 0.0859 e. The molecule has 0 aliphatic heterocycles. The van der Waals surface area contributed by atoms with E-state index < -0.39 is 0 Å². The molecule has 1 rings (SSSR count). The first kappa shape index (κ1) is 23.7. The number of hydrogen-bond donors (Lipinski definition) is 0. The molecule has 0 spiro atoms. The average Bonchev–Trinajstić information content (AvgIpc) is 2.58. The van der Waals surface area contributed by atoms with E-state index in [4.69, 9.17) is 0 Å². The minimum atomic E-state index is 0.802. The predicted octanol–water partition coefficient (Wildman–Crippen LogP) is 8.63. The monoisotopic (exact) mass is 368 g/mol. The highest BCUT2D eigenvalue weighted by Crippen LogP contribution is 2.24. The molecule has 1 aromatic rings. The van der Waals surface area contributed by atoms with E-state index in [1.807, 2.05) is 0 Å². The molecule has 0 fully saturated rings. The fourth-order valence-electron chi connectivity index (χ4n) is 3.75. The van der Waals surface area contributed by atoms with Crippen molar-refractivity contribution in [1.29, 1.82) is 0 Å². The Morgan fingerprint density at radius 1 is 0.778 bits per heavy atom. The number of hydrogen-bond acceptors (Lipinski definition) is 0. The standard InChI is InChI=1S/C27H44/c1-21(2)11-8-13-23(5)17-19-26-16-10-15-25(7)27(26)20-18-24(6)14-9-12-22(3)4/h10-12,15-16,23-24H,8-9,13-14,17-20H2,1-7H3. The molecule has 0 aliphatic rings. The lowest BCUT2D eigenvalue weighted by atomic mass is 9.88. The molecule has 27 heavy (non-hydrogen) atoms. The molecule has 0 radical (unpaired) electrons. The Morgan fingerprint density at radius 3 is 1.81 bits per heavy atom. The molecular formula is C27H44. The summed E-state index contributed by atoms with van der Waals surface area (Å²) in [6.45, 7) is 15.9. The quantitative estimate of drug-likeness (QED) is 0.324. The molecule has 2 unspecified atom stereocenters. The van der Waals surface area contributed by atoms with Gasteiger partial charge in [0.15, 0.2) is 0 Å². The van der Waals surface area contributed by atoms with Gasteiger partial charge in [-0.15, -0.1) is 0 Å². The van der Waals surface area contributed by atoms with Crippen LogP contribution in [0, 0.1) is 18.8 Å². The lowest BCUT2D eigenvalue weighted by molar-refractivity contribution is 0.487. The molecule has 0 aromatic heterocycles. The Morgan fingerprint density at radius 2 is 1.30 bits per heavy atom. The van der Waals surface area contributed by atoms with Crippen molar-refractivity contribution in [1.82, 2.24) is 0 Å². The minimum absolute atomic E-state index is 0.802. The molecule has 0 saturated carbocycles. The summed E-state index contributed by atoms with van der Waals surface area (Å²) in [4.78, 5) is 0. The van der Waals surface area contributed by atoms with Crippen LogP contribution in [0.5, 0.6) is 0 Å². The number of rotatable bonds is 12. The highest BCUT2D eigenvalue weighted by Gasteiger charge is 2.10. The van der Waals surface area contributed by atoms with Crippen molar-refractivity contribution in [2.24, 2.45) is 11.8 Å². The van der Waals surface area contributed by atoms with Crippen molar-refractivity contribution < 1.29 is 0 Å². The highest BCUT2D eigenvalue weighted by molar-refractivity contribution is 5.34. The Balaban J connectivity index is 2.56. The number of benzene rings is 1. The van der Waals surface area contributed by atoms with Crippen LogP contribution in [0.25, 0.3) is 0 Å². The van der Waals surface area contributed by atoms with Gasteiger partial charge in [-0.2, -0.15) is 0 Å². The second-order valence-electron chi connectivity index (χ2n) is 9.22. The maximum atomic E-state index is 2.42. The van der Waals surface area contributed by atoms with Crippen LogP contribution in [0.1, 0.15) is 96.8 Å². The van der Waals surface area contributed by atoms with Crippen LogP contribution in [-0.2, 0) is 12.8 Å². The second-order valence-corrected chi connectivity index (χ2v) is 9.22. The smallest absolute Gasteiger partial charge is 0.0271 e. The lowest BCUT2D eigenvalue weighted by Crippen LogP contribution is -2.04. The normalized spacial score (nSPS) is 13.1. The van der Waals surface area contributed by atoms with Crippen LogP contribution in [0.15, 0.2) is 41.5 Å². The zero-order valence-electron chi connectivity index (χ0n) is 19.2. The van der Waals surface area contributed by atoms with E-state index in [2.05, 4.69) is 78.8 Å². The van der Waals surface area contributed by atoms with E-state index in [1.165, 1.54) is 68.1 Å². The fourth-order valence-corrected chi connectivity index (χ4v) is 3.75. The SMILES string of the molecule is CC(C)=CCCC(C)CCc1cccc(C)c1CCC(C)CCC=C(C)C. The molecule has 0 aliphatic carbocycles. The summed E-state index contributed by atoms with van der Waals surface area (Å²) in [5.74, 6) is 1.60. The zero-order chi connectivity index (χ0) is 20.2. The highest BCUT2D eigenvalue weighted by atomic mass is 14.2. The van der Waals surface area contributed by atoms with Gasteiger partial charge < -0.3 is 0 Å². The Labute approximate surface area is 170 Å². The fraction of sp³-hybridized carbons (Fsp3) is 0.630. The van der Waals surface area contributed by atoms with Crippen LogP contribution >= 0.6 is 0 Å². The van der Waals surface area contributed by atoms with Crippen molar-refractivity contribution in [3.63, 3.8) is 0 Å². The topological polar surface area (TPSA) is 0 Å². The van der Waals surface area contributed by atoms with E-state index in [-0.39, 0.29) is 0 Å². The summed E-state index contributed by atoms with van der Waals surface area (Å²) in [6, 6.07) is 6.92. The maximum absolute atomic E-state index is 2.42. The van der Waals surface area contributed by atoms with Crippen LogP contribution in [-0.4, -0.2) is 0 Å². The molecule has 0 heterocycles. The van der Waals surface area contributed by atoms with Crippen LogP contribution in [0.2, 0.25) is 0 Å². The third-order valence-electron chi connectivity index (χ3n) is 5.72. The summed E-state index contributed by atoms with van der Waals surface area (Å²) in [5, 5.41) is 0. The van der Waals surface area contributed by atoms with Gasteiger partial charge in [-0.25, -0.2) is 0 Å². The van der Waals surface area contributed by atoms with Gasteiger partial charge in [-0.05, 0) is 115 Å². The summed E-state index contributed by atoms with van der Waals surface area (Å²) in [6.07, 6.45) is 14.9. The third-order valence-corrected chi connectivity index (χ3v) is 5.72. The van der Waals surface area contributed by atoms with Gasteiger partial charge in [-0.3, -0.25) is 0 Å². The molecule has 2 atom stereocenters. The Bertz CT molecular complexity index is 594. The van der Waals surface area contributed by atoms with Crippen molar-refractivity contribution in [3.8, 4) is 0 Å². The van der Waals surface area contributed by atoms with Crippen molar-refractivity contribution in [2.45, 2.75) is 99.8 Å². The van der Waals surface area contributed by atoms with Gasteiger partial charge in [0.25, 0.3) is 0 Å². The summed E-state index contributed by atoms with van der Waals surface area (Å²) >= 11 is 0. The first-order chi connectivity index (χ1) is 12.8. The molecular weight excluding hydrogens is 324 g/mol. The second kappa shape index (κ2) is 13.0. The van der Waals surface area contributed by atoms with Crippen molar-refractivity contribution >= 4 is 0 Å². The minimum Gasteiger partial charge on any atom is -0.0859 e. The maximum Gasteiger partial charge on any atom is -0.0271 e. The number of aryl methyl sites for hydroxylation is 2. The third kappa shape index (κ3) is 10.6. The zero-order valence-corrected chi connectivity index (χ0v) is 19.2. The summed E-state index contributed by atoms with van der Waals surface area (Å²) < 4.78 is 0. The Kier molecular flexibility index (Phi) is 11.4. The van der Waals surface area contributed by atoms with Crippen LogP contribution in [0.4, 0.5) is 0 Å². The molecule has 1 aromatic carbocycles. The first-order valence-corrected chi connectivity index (χ1v) is 11.1. The summed E-state index contributed by atoms with van der Waals surface area (Å²) in [5.41, 5.74) is 7.61. The Hall–Kier alpha value is -1.30. The van der Waals surface area contributed by atoms with Gasteiger partial charge in [-0.1, -0.05) is 55.3 Å². The lowest BCUT2D eigenvalue weighted by Gasteiger charge is -2.17. The predicted molar refractivity (Wildman–Crippen MR) is 123 cm³/mol. The van der Waals surface area contributed by atoms with E-state index >= 15 is 0 Å². The van der Waals surface area contributed by atoms with Crippen molar-refractivity contribution in [3.05, 3.63) is 58.2 Å². The molecule has 0 saturated heterocycles. The van der Waals surface area contributed by atoms with Crippen molar-refractivity contribution in [2.75, 3.05) is 0 Å². The molecule has 0 N–H and O–H groups in total. The van der Waals surface area contributed by atoms with Gasteiger partial charge in [0.05, 0.1) is 0 Å². The summed E-state index contributed by atoms with van der Waals surface area (Å²) in [7, 11) is 0. The number of allylic oxidation sites excluding steroid dienone is 4. The van der Waals surface area contributed by atoms with Gasteiger partial charge in [0.2, 0.25) is 0 Å². The van der Waals surface area contributed by atoms with Gasteiger partial charge in [0.1, 0.15) is 0 Å². The molecule has 0 amide bonds.